The summed E-state index contributed by atoms with van der Waals surface area (Å²) in [5.74, 6) is 0.859. The van der Waals surface area contributed by atoms with E-state index in [1.165, 1.54) is 0 Å². The van der Waals surface area contributed by atoms with Gasteiger partial charge in [0.15, 0.2) is 0 Å². The smallest absolute Gasteiger partial charge is 0.246 e. The van der Waals surface area contributed by atoms with Crippen LogP contribution in [0.15, 0.2) is 61.3 Å². The van der Waals surface area contributed by atoms with Crippen molar-refractivity contribution in [3.8, 4) is 11.1 Å². The third-order valence-electron chi connectivity index (χ3n) is 4.07. The van der Waals surface area contributed by atoms with Crippen molar-refractivity contribution in [2.24, 2.45) is 0 Å². The summed E-state index contributed by atoms with van der Waals surface area (Å²) in [5, 5.41) is 3.64. The zero-order chi connectivity index (χ0) is 17.9. The van der Waals surface area contributed by atoms with Crippen LogP contribution in [-0.2, 0) is 11.3 Å². The number of benzene rings is 1. The van der Waals surface area contributed by atoms with Crippen LogP contribution in [0.2, 0.25) is 0 Å². The quantitative estimate of drug-likeness (QED) is 0.615. The van der Waals surface area contributed by atoms with Crippen LogP contribution in [0.25, 0.3) is 22.0 Å². The lowest BCUT2D eigenvalue weighted by Crippen LogP contribution is -2.20. The van der Waals surface area contributed by atoms with Gasteiger partial charge in [-0.15, -0.1) is 0 Å². The number of carbonyl (C=O) groups is 1. The van der Waals surface area contributed by atoms with Crippen molar-refractivity contribution in [1.82, 2.24) is 24.5 Å². The number of fused-ring (bicyclic) bond motifs is 1. The number of aromatic nitrogens is 5. The molecule has 0 saturated carbocycles. The lowest BCUT2D eigenvalue weighted by molar-refractivity contribution is -0.116. The molecule has 1 aromatic carbocycles. The van der Waals surface area contributed by atoms with E-state index in [1.54, 1.807) is 35.6 Å². The molecule has 3 heterocycles. The zero-order valence-electron chi connectivity index (χ0n) is 14.1. The fourth-order valence-corrected chi connectivity index (χ4v) is 2.69. The second-order valence-corrected chi connectivity index (χ2v) is 5.86. The van der Waals surface area contributed by atoms with Crippen molar-refractivity contribution in [3.05, 3.63) is 67.1 Å². The highest BCUT2D eigenvalue weighted by Gasteiger charge is 2.08. The predicted octanol–water partition coefficient (Wildman–Crippen LogP) is 2.84. The van der Waals surface area contributed by atoms with Crippen LogP contribution in [0.3, 0.4) is 0 Å². The molecule has 1 amide bonds. The molecule has 1 N–H and O–H groups in total. The summed E-state index contributed by atoms with van der Waals surface area (Å²) in [6, 6.07) is 9.80. The molecule has 26 heavy (non-hydrogen) atoms. The standard InChI is InChI=1S/C19H16N6O/c1-13-21-7-8-25(13)12-18(26)24-19-22-11-16-5-4-14(9-17(16)23-19)15-3-2-6-20-10-15/h2-11H,12H2,1H3,(H,22,23,24,26). The fourth-order valence-electron chi connectivity index (χ4n) is 2.69. The first-order chi connectivity index (χ1) is 12.7. The number of imidazole rings is 1. The lowest BCUT2D eigenvalue weighted by Gasteiger charge is -2.07. The van der Waals surface area contributed by atoms with E-state index in [2.05, 4.69) is 25.3 Å². The molecule has 128 valence electrons. The molecule has 3 aromatic heterocycles. The van der Waals surface area contributed by atoms with Gasteiger partial charge in [-0.2, -0.15) is 0 Å². The molecule has 0 saturated heterocycles. The van der Waals surface area contributed by atoms with Gasteiger partial charge in [0.05, 0.1) is 5.52 Å². The second kappa shape index (κ2) is 6.72. The molecule has 4 aromatic rings. The normalized spacial score (nSPS) is 10.8. The molecule has 0 radical (unpaired) electrons. The molecule has 0 unspecified atom stereocenters. The molecule has 0 atom stereocenters. The Morgan fingerprint density at radius 3 is 2.81 bits per heavy atom. The molecular formula is C19H16N6O. The van der Waals surface area contributed by atoms with Gasteiger partial charge in [0.2, 0.25) is 11.9 Å². The van der Waals surface area contributed by atoms with Crippen LogP contribution in [0.5, 0.6) is 0 Å². The molecule has 7 heteroatoms. The number of anilines is 1. The van der Waals surface area contributed by atoms with E-state index >= 15 is 0 Å². The van der Waals surface area contributed by atoms with E-state index in [1.807, 2.05) is 37.3 Å². The van der Waals surface area contributed by atoms with Crippen LogP contribution >= 0.6 is 0 Å². The van der Waals surface area contributed by atoms with Crippen molar-refractivity contribution in [3.63, 3.8) is 0 Å². The van der Waals surface area contributed by atoms with E-state index in [4.69, 9.17) is 0 Å². The predicted molar refractivity (Wildman–Crippen MR) is 98.4 cm³/mol. The summed E-state index contributed by atoms with van der Waals surface area (Å²) >= 11 is 0. The maximum absolute atomic E-state index is 12.2. The Balaban J connectivity index is 1.58. The summed E-state index contributed by atoms with van der Waals surface area (Å²) in [6.07, 6.45) is 8.67. The van der Waals surface area contributed by atoms with Crippen molar-refractivity contribution in [2.75, 3.05) is 5.32 Å². The maximum Gasteiger partial charge on any atom is 0.246 e. The van der Waals surface area contributed by atoms with Crippen LogP contribution in [-0.4, -0.2) is 30.4 Å². The lowest BCUT2D eigenvalue weighted by atomic mass is 10.1. The fraction of sp³-hybridized carbons (Fsp3) is 0.105. The van der Waals surface area contributed by atoms with Crippen LogP contribution in [0.4, 0.5) is 5.95 Å². The maximum atomic E-state index is 12.2. The summed E-state index contributed by atoms with van der Waals surface area (Å²) in [7, 11) is 0. The highest BCUT2D eigenvalue weighted by molar-refractivity contribution is 5.90. The Bertz CT molecular complexity index is 1070. The zero-order valence-corrected chi connectivity index (χ0v) is 14.1. The molecule has 0 bridgehead atoms. The Morgan fingerprint density at radius 2 is 2.04 bits per heavy atom. The Kier molecular flexibility index (Phi) is 4.10. The minimum absolute atomic E-state index is 0.170. The van der Waals surface area contributed by atoms with Crippen molar-refractivity contribution >= 4 is 22.8 Å². The van der Waals surface area contributed by atoms with Crippen molar-refractivity contribution in [1.29, 1.82) is 0 Å². The number of carbonyl (C=O) groups excluding carboxylic acids is 1. The SMILES string of the molecule is Cc1nccn1CC(=O)Nc1ncc2ccc(-c3cccnc3)cc2n1. The van der Waals surface area contributed by atoms with Gasteiger partial charge < -0.3 is 4.57 Å². The minimum atomic E-state index is -0.200. The molecule has 0 aliphatic rings. The molecule has 0 aliphatic heterocycles. The van der Waals surface area contributed by atoms with Gasteiger partial charge in [-0.05, 0) is 24.6 Å². The number of hydrogen-bond acceptors (Lipinski definition) is 5. The molecular weight excluding hydrogens is 328 g/mol. The summed E-state index contributed by atoms with van der Waals surface area (Å²) in [6.45, 7) is 2.02. The molecule has 4 rings (SSSR count). The summed E-state index contributed by atoms with van der Waals surface area (Å²) < 4.78 is 1.76. The van der Waals surface area contributed by atoms with E-state index in [-0.39, 0.29) is 18.4 Å². The van der Waals surface area contributed by atoms with E-state index < -0.39 is 0 Å². The average molecular weight is 344 g/mol. The number of aryl methyl sites for hydroxylation is 1. The first-order valence-electron chi connectivity index (χ1n) is 8.14. The van der Waals surface area contributed by atoms with Crippen LogP contribution in [0.1, 0.15) is 5.82 Å². The van der Waals surface area contributed by atoms with Gasteiger partial charge in [0.25, 0.3) is 0 Å². The number of hydrogen-bond donors (Lipinski definition) is 1. The average Bonchev–Trinajstić information content (AvgIpc) is 3.06. The van der Waals surface area contributed by atoms with E-state index in [9.17, 15) is 4.79 Å². The Morgan fingerprint density at radius 1 is 1.12 bits per heavy atom. The number of rotatable bonds is 4. The highest BCUT2D eigenvalue weighted by Crippen LogP contribution is 2.23. The number of nitrogens with one attached hydrogen (secondary N) is 1. The van der Waals surface area contributed by atoms with Crippen molar-refractivity contribution < 1.29 is 4.79 Å². The van der Waals surface area contributed by atoms with E-state index in [0.717, 1.165) is 27.9 Å². The van der Waals surface area contributed by atoms with Crippen LogP contribution < -0.4 is 5.32 Å². The Labute approximate surface area is 149 Å². The monoisotopic (exact) mass is 344 g/mol. The van der Waals surface area contributed by atoms with Gasteiger partial charge in [-0.1, -0.05) is 18.2 Å². The summed E-state index contributed by atoms with van der Waals surface area (Å²) in [5.41, 5.74) is 2.78. The van der Waals surface area contributed by atoms with Gasteiger partial charge in [-0.25, -0.2) is 15.0 Å². The van der Waals surface area contributed by atoms with Gasteiger partial charge in [-0.3, -0.25) is 15.1 Å². The van der Waals surface area contributed by atoms with Gasteiger partial charge in [0.1, 0.15) is 12.4 Å². The third-order valence-corrected chi connectivity index (χ3v) is 4.07. The summed E-state index contributed by atoms with van der Waals surface area (Å²) in [4.78, 5) is 29.1. The highest BCUT2D eigenvalue weighted by atomic mass is 16.2. The minimum Gasteiger partial charge on any atom is -0.326 e. The van der Waals surface area contributed by atoms with Crippen molar-refractivity contribution in [2.45, 2.75) is 13.5 Å². The largest absolute Gasteiger partial charge is 0.326 e. The number of amides is 1. The molecule has 0 aliphatic carbocycles. The number of nitrogens with zero attached hydrogens (tertiary/aromatic N) is 5. The molecule has 0 fully saturated rings. The molecule has 0 spiro atoms. The van der Waals surface area contributed by atoms with Gasteiger partial charge >= 0.3 is 0 Å². The number of pyridine rings is 1. The first-order valence-corrected chi connectivity index (χ1v) is 8.14. The Hall–Kier alpha value is -3.61. The molecule has 7 nitrogen and oxygen atoms in total. The van der Waals surface area contributed by atoms with Gasteiger partial charge in [0, 0.05) is 41.9 Å². The topological polar surface area (TPSA) is 85.6 Å². The first kappa shape index (κ1) is 15.9. The second-order valence-electron chi connectivity index (χ2n) is 5.86. The van der Waals surface area contributed by atoms with Crippen LogP contribution in [0, 0.1) is 6.92 Å². The third kappa shape index (κ3) is 3.27. The van der Waals surface area contributed by atoms with E-state index in [0.29, 0.717) is 0 Å².